The third-order valence-electron chi connectivity index (χ3n) is 10.8. The van der Waals surface area contributed by atoms with Gasteiger partial charge in [-0.05, 0) is 88.5 Å². The first-order valence-corrected chi connectivity index (χ1v) is 14.8. The van der Waals surface area contributed by atoms with E-state index in [1.807, 2.05) is 11.0 Å². The highest BCUT2D eigenvalue weighted by molar-refractivity contribution is 5.88. The van der Waals surface area contributed by atoms with Crippen LogP contribution in [0.25, 0.3) is 0 Å². The fourth-order valence-corrected chi connectivity index (χ4v) is 8.74. The van der Waals surface area contributed by atoms with Crippen molar-refractivity contribution in [2.45, 2.75) is 101 Å². The van der Waals surface area contributed by atoms with E-state index < -0.39 is 5.60 Å². The van der Waals surface area contributed by atoms with E-state index in [9.17, 15) is 9.90 Å². The van der Waals surface area contributed by atoms with Gasteiger partial charge >= 0.3 is 0 Å². The normalized spacial score (nSPS) is 36.9. The Labute approximate surface area is 221 Å². The quantitative estimate of drug-likeness (QED) is 0.573. The van der Waals surface area contributed by atoms with Crippen LogP contribution in [-0.2, 0) is 21.4 Å². The number of likely N-dealkylation sites (tertiary alicyclic amines) is 1. The molecule has 2 bridgehead atoms. The van der Waals surface area contributed by atoms with Crippen LogP contribution in [0.5, 0.6) is 11.5 Å². The summed E-state index contributed by atoms with van der Waals surface area (Å²) in [5.74, 6) is 2.26. The van der Waals surface area contributed by atoms with Crippen LogP contribution in [-0.4, -0.2) is 70.8 Å². The van der Waals surface area contributed by atoms with Crippen LogP contribution in [0.1, 0.15) is 76.3 Å². The molecule has 1 N–H and O–H groups in total. The van der Waals surface area contributed by atoms with Gasteiger partial charge in [0.1, 0.15) is 6.10 Å². The number of piperidine rings is 1. The van der Waals surface area contributed by atoms with E-state index in [0.717, 1.165) is 37.4 Å². The Balaban J connectivity index is 1.25. The predicted octanol–water partition coefficient (Wildman–Crippen LogP) is 4.57. The summed E-state index contributed by atoms with van der Waals surface area (Å²) in [6.07, 6.45) is 14.5. The average Bonchev–Trinajstić information content (AvgIpc) is 3.65. The molecule has 1 aromatic carbocycles. The first-order valence-electron chi connectivity index (χ1n) is 14.8. The van der Waals surface area contributed by atoms with Gasteiger partial charge in [0, 0.05) is 24.7 Å². The molecule has 37 heavy (non-hydrogen) atoms. The van der Waals surface area contributed by atoms with E-state index in [1.165, 1.54) is 50.5 Å². The van der Waals surface area contributed by atoms with E-state index >= 15 is 0 Å². The fraction of sp³-hybridized carbons (Fsp3) is 0.710. The summed E-state index contributed by atoms with van der Waals surface area (Å²) < 4.78 is 13.8. The lowest BCUT2D eigenvalue weighted by Gasteiger charge is -2.65. The highest BCUT2D eigenvalue weighted by Gasteiger charge is 2.73. The van der Waals surface area contributed by atoms with Gasteiger partial charge < -0.3 is 19.5 Å². The summed E-state index contributed by atoms with van der Waals surface area (Å²) in [6.45, 7) is 7.61. The van der Waals surface area contributed by atoms with Crippen LogP contribution < -0.4 is 4.74 Å². The lowest BCUT2D eigenvalue weighted by Crippen LogP contribution is -2.79. The first kappa shape index (κ1) is 24.0. The van der Waals surface area contributed by atoms with E-state index in [4.69, 9.17) is 9.47 Å². The van der Waals surface area contributed by atoms with Crippen molar-refractivity contribution < 1.29 is 19.4 Å². The Hall–Kier alpha value is -2.05. The zero-order valence-corrected chi connectivity index (χ0v) is 22.5. The van der Waals surface area contributed by atoms with Crippen LogP contribution in [0.3, 0.4) is 0 Å². The van der Waals surface area contributed by atoms with Gasteiger partial charge in [-0.25, -0.2) is 0 Å². The maximum Gasteiger partial charge on any atom is 0.246 e. The number of nitrogens with zero attached hydrogens (tertiary/aromatic N) is 2. The molecular weight excluding hydrogens is 464 g/mol. The number of hydrogen-bond donors (Lipinski definition) is 1. The van der Waals surface area contributed by atoms with Crippen molar-refractivity contribution in [2.75, 3.05) is 26.2 Å². The number of rotatable bonds is 6. The molecular formula is C31H42N2O4. The molecule has 6 nitrogen and oxygen atoms in total. The number of phenols is 1. The molecule has 7 rings (SSSR count). The smallest absolute Gasteiger partial charge is 0.246 e. The molecule has 6 aliphatic rings. The molecule has 200 valence electrons. The van der Waals surface area contributed by atoms with Crippen LogP contribution >= 0.6 is 0 Å². The molecule has 2 saturated carbocycles. The van der Waals surface area contributed by atoms with Gasteiger partial charge in [0.25, 0.3) is 0 Å². The number of amides is 1. The molecule has 5 atom stereocenters. The first-order chi connectivity index (χ1) is 18.0. The van der Waals surface area contributed by atoms with Gasteiger partial charge in [0.2, 0.25) is 5.91 Å². The van der Waals surface area contributed by atoms with Gasteiger partial charge in [0.05, 0.1) is 23.7 Å². The topological polar surface area (TPSA) is 62.2 Å². The SMILES string of the molecule is CCN(C(=O)/C=C/C1CCCCC1)[C@H]1COC2(C)[C@H]3Cc4ccc(O)c5c4[C@@]2(CCN3CC2CC2)[C@H]1O5. The molecule has 1 unspecified atom stereocenters. The molecule has 3 heterocycles. The second-order valence-corrected chi connectivity index (χ2v) is 12.7. The van der Waals surface area contributed by atoms with E-state index in [-0.39, 0.29) is 35.3 Å². The van der Waals surface area contributed by atoms with E-state index in [2.05, 4.69) is 30.9 Å². The zero-order valence-electron chi connectivity index (χ0n) is 22.5. The third kappa shape index (κ3) is 3.47. The van der Waals surface area contributed by atoms with Crippen molar-refractivity contribution in [2.24, 2.45) is 11.8 Å². The molecule has 0 radical (unpaired) electrons. The Morgan fingerprint density at radius 2 is 2.03 bits per heavy atom. The van der Waals surface area contributed by atoms with Crippen molar-refractivity contribution in [1.82, 2.24) is 9.80 Å². The summed E-state index contributed by atoms with van der Waals surface area (Å²) in [5.41, 5.74) is 1.68. The zero-order chi connectivity index (χ0) is 25.4. The number of ether oxygens (including phenoxy) is 2. The molecule has 1 aromatic rings. The number of carbonyl (C=O) groups is 1. The monoisotopic (exact) mass is 506 g/mol. The van der Waals surface area contributed by atoms with E-state index in [0.29, 0.717) is 24.8 Å². The lowest BCUT2D eigenvalue weighted by molar-refractivity contribution is -0.237. The van der Waals surface area contributed by atoms with Gasteiger partial charge in [0.15, 0.2) is 11.5 Å². The molecule has 4 fully saturated rings. The van der Waals surface area contributed by atoms with Crippen LogP contribution in [0.15, 0.2) is 24.3 Å². The second-order valence-electron chi connectivity index (χ2n) is 12.7. The Bertz CT molecular complexity index is 1110. The van der Waals surface area contributed by atoms with Crippen LogP contribution in [0.2, 0.25) is 0 Å². The van der Waals surface area contributed by atoms with Gasteiger partial charge in [-0.2, -0.15) is 0 Å². The molecule has 3 aliphatic carbocycles. The highest BCUT2D eigenvalue weighted by Crippen LogP contribution is 2.65. The summed E-state index contributed by atoms with van der Waals surface area (Å²) in [4.78, 5) is 18.3. The standard InChI is InChI=1S/C31H42N2O4/c1-3-33(26(35)14-11-20-7-5-4-6-8-20)23-19-36-30(2)25-17-22-12-13-24(34)28-27(22)31(30,29(23)37-28)15-16-32(25)18-21-9-10-21/h11-14,20-21,23,25,29,34H,3-10,15-19H2,1-2H3/b14-11+/t23-,25+,29-,30?,31-/m0/s1. The van der Waals surface area contributed by atoms with Crippen LogP contribution in [0, 0.1) is 11.8 Å². The lowest BCUT2D eigenvalue weighted by atomic mass is 9.51. The number of aromatic hydroxyl groups is 1. The number of allylic oxidation sites excluding steroid dienone is 1. The van der Waals surface area contributed by atoms with Crippen molar-refractivity contribution in [3.05, 3.63) is 35.4 Å². The summed E-state index contributed by atoms with van der Waals surface area (Å²) in [5, 5.41) is 10.9. The van der Waals surface area contributed by atoms with Crippen molar-refractivity contribution in [1.29, 1.82) is 0 Å². The average molecular weight is 507 g/mol. The Morgan fingerprint density at radius 1 is 1.22 bits per heavy atom. The number of benzene rings is 1. The molecule has 1 amide bonds. The molecule has 6 heteroatoms. The van der Waals surface area contributed by atoms with E-state index in [1.54, 1.807) is 6.07 Å². The van der Waals surface area contributed by atoms with Crippen molar-refractivity contribution in [3.63, 3.8) is 0 Å². The summed E-state index contributed by atoms with van der Waals surface area (Å²) in [7, 11) is 0. The third-order valence-corrected chi connectivity index (χ3v) is 10.8. The van der Waals surface area contributed by atoms with Crippen molar-refractivity contribution >= 4 is 5.91 Å². The summed E-state index contributed by atoms with van der Waals surface area (Å²) in [6, 6.07) is 4.01. The Morgan fingerprint density at radius 3 is 2.78 bits per heavy atom. The molecule has 3 aliphatic heterocycles. The number of carbonyl (C=O) groups excluding carboxylic acids is 1. The maximum atomic E-state index is 13.6. The van der Waals surface area contributed by atoms with Crippen LogP contribution in [0.4, 0.5) is 0 Å². The minimum absolute atomic E-state index is 0.0595. The molecule has 0 aromatic heterocycles. The highest BCUT2D eigenvalue weighted by atomic mass is 16.5. The minimum Gasteiger partial charge on any atom is -0.504 e. The molecule has 2 saturated heterocycles. The minimum atomic E-state index is -0.409. The number of phenolic OH excluding ortho intramolecular Hbond substituents is 1. The van der Waals surface area contributed by atoms with Crippen molar-refractivity contribution in [3.8, 4) is 11.5 Å². The fourth-order valence-electron chi connectivity index (χ4n) is 8.74. The maximum absolute atomic E-state index is 13.6. The van der Waals surface area contributed by atoms with Gasteiger partial charge in [-0.15, -0.1) is 0 Å². The summed E-state index contributed by atoms with van der Waals surface area (Å²) >= 11 is 0. The molecule has 1 spiro atoms. The number of likely N-dealkylation sites (N-methyl/N-ethyl adjacent to an activating group) is 1. The second kappa shape index (κ2) is 8.74. The Kier molecular flexibility index (Phi) is 5.67. The van der Waals surface area contributed by atoms with Gasteiger partial charge in [-0.3, -0.25) is 9.69 Å². The van der Waals surface area contributed by atoms with Gasteiger partial charge in [-0.1, -0.05) is 31.4 Å². The largest absolute Gasteiger partial charge is 0.504 e. The predicted molar refractivity (Wildman–Crippen MR) is 142 cm³/mol. The number of hydrogen-bond acceptors (Lipinski definition) is 5.